The van der Waals surface area contributed by atoms with Gasteiger partial charge in [0.2, 0.25) is 5.91 Å². The average molecular weight is 451 g/mol. The lowest BCUT2D eigenvalue weighted by Gasteiger charge is -2.46. The first-order valence-corrected chi connectivity index (χ1v) is 12.1. The zero-order valence-electron chi connectivity index (χ0n) is 20.1. The molecule has 2 amide bonds. The predicted octanol–water partition coefficient (Wildman–Crippen LogP) is 4.58. The maximum absolute atomic E-state index is 13.9. The monoisotopic (exact) mass is 450 g/mol. The molecule has 0 saturated carbocycles. The summed E-state index contributed by atoms with van der Waals surface area (Å²) in [6, 6.07) is 11.2. The summed E-state index contributed by atoms with van der Waals surface area (Å²) in [5.74, 6) is 0.979. The largest absolute Gasteiger partial charge is 0.490 e. The Bertz CT molecular complexity index is 1030. The number of benzene rings is 2. The number of hydrogen-bond acceptors (Lipinski definition) is 4. The molecule has 2 atom stereocenters. The molecule has 4 rings (SSSR count). The van der Waals surface area contributed by atoms with Crippen molar-refractivity contribution in [1.29, 1.82) is 0 Å². The number of carbonyl (C=O) groups excluding carboxylic acids is 2. The second-order valence-corrected chi connectivity index (χ2v) is 8.74. The number of hydrogen-bond donors (Lipinski definition) is 0. The van der Waals surface area contributed by atoms with Crippen LogP contribution < -0.4 is 9.47 Å². The lowest BCUT2D eigenvalue weighted by Crippen LogP contribution is -2.50. The van der Waals surface area contributed by atoms with E-state index in [-0.39, 0.29) is 17.9 Å². The molecule has 0 N–H and O–H groups in total. The summed E-state index contributed by atoms with van der Waals surface area (Å²) in [5.41, 5.74) is 3.55. The van der Waals surface area contributed by atoms with E-state index in [0.717, 1.165) is 41.7 Å². The van der Waals surface area contributed by atoms with Gasteiger partial charge in [0.25, 0.3) is 5.91 Å². The molecule has 33 heavy (non-hydrogen) atoms. The van der Waals surface area contributed by atoms with Gasteiger partial charge in [-0.2, -0.15) is 0 Å². The molecular formula is C27H34N2O4. The van der Waals surface area contributed by atoms with Gasteiger partial charge in [0, 0.05) is 25.7 Å². The summed E-state index contributed by atoms with van der Waals surface area (Å²) in [5, 5.41) is 0. The molecule has 2 heterocycles. The lowest BCUT2D eigenvalue weighted by molar-refractivity contribution is -0.133. The minimum absolute atomic E-state index is 0.00615. The summed E-state index contributed by atoms with van der Waals surface area (Å²) >= 11 is 0. The Balaban J connectivity index is 1.86. The van der Waals surface area contributed by atoms with Crippen molar-refractivity contribution in [1.82, 2.24) is 9.80 Å². The maximum Gasteiger partial charge on any atom is 0.254 e. The van der Waals surface area contributed by atoms with Crippen LogP contribution in [0.3, 0.4) is 0 Å². The molecule has 0 unspecified atom stereocenters. The van der Waals surface area contributed by atoms with E-state index < -0.39 is 5.92 Å². The normalized spacial score (nSPS) is 18.8. The molecule has 0 aliphatic carbocycles. The summed E-state index contributed by atoms with van der Waals surface area (Å²) in [6.45, 7) is 8.35. The van der Waals surface area contributed by atoms with Gasteiger partial charge < -0.3 is 19.3 Å². The third-order valence-electron chi connectivity index (χ3n) is 6.67. The number of fused-ring (bicyclic) bond motifs is 4. The zero-order chi connectivity index (χ0) is 23.5. The second-order valence-electron chi connectivity index (χ2n) is 8.74. The minimum Gasteiger partial charge on any atom is -0.490 e. The molecule has 6 heteroatoms. The number of amides is 2. The maximum atomic E-state index is 13.9. The van der Waals surface area contributed by atoms with Crippen LogP contribution in [-0.2, 0) is 11.2 Å². The quantitative estimate of drug-likeness (QED) is 0.591. The van der Waals surface area contributed by atoms with Gasteiger partial charge in [-0.1, -0.05) is 31.5 Å². The van der Waals surface area contributed by atoms with Crippen LogP contribution >= 0.6 is 0 Å². The summed E-state index contributed by atoms with van der Waals surface area (Å²) in [6.07, 6.45) is 2.69. The topological polar surface area (TPSA) is 59.1 Å². The number of carbonyl (C=O) groups is 2. The van der Waals surface area contributed by atoms with Crippen molar-refractivity contribution in [2.75, 3.05) is 33.4 Å². The predicted molar refractivity (Wildman–Crippen MR) is 128 cm³/mol. The van der Waals surface area contributed by atoms with E-state index >= 15 is 0 Å². The van der Waals surface area contributed by atoms with E-state index in [9.17, 15) is 9.59 Å². The van der Waals surface area contributed by atoms with Gasteiger partial charge in [0.1, 0.15) is 0 Å². The Labute approximate surface area is 196 Å². The molecule has 0 saturated heterocycles. The Hall–Kier alpha value is -3.02. The standard InChI is InChI=1S/C27H34N2O4/c1-5-8-14-28(4)27(31)24-19-11-9-10-12-20(19)26(30)29-15-13-18-16-22(32-6-2)23(33-7-3)17-21(18)25(24)29/h9-12,16-17,24-25H,5-8,13-15H2,1-4H3/t24-,25+/m0/s1. The van der Waals surface area contributed by atoms with Crippen LogP contribution in [0.25, 0.3) is 0 Å². The molecule has 2 aliphatic heterocycles. The molecule has 2 aliphatic rings. The third kappa shape index (κ3) is 4.19. The molecule has 6 nitrogen and oxygen atoms in total. The van der Waals surface area contributed by atoms with E-state index in [4.69, 9.17) is 9.47 Å². The first-order chi connectivity index (χ1) is 16.0. The van der Waals surface area contributed by atoms with Gasteiger partial charge >= 0.3 is 0 Å². The van der Waals surface area contributed by atoms with Crippen molar-refractivity contribution in [3.8, 4) is 11.5 Å². The fourth-order valence-corrected chi connectivity index (χ4v) is 5.08. The van der Waals surface area contributed by atoms with Crippen molar-refractivity contribution < 1.29 is 19.1 Å². The first-order valence-electron chi connectivity index (χ1n) is 12.1. The van der Waals surface area contributed by atoms with E-state index in [1.165, 1.54) is 0 Å². The van der Waals surface area contributed by atoms with Gasteiger partial charge in [-0.15, -0.1) is 0 Å². The molecule has 0 radical (unpaired) electrons. The van der Waals surface area contributed by atoms with Crippen molar-refractivity contribution in [2.45, 2.75) is 52.0 Å². The zero-order valence-corrected chi connectivity index (χ0v) is 20.1. The van der Waals surface area contributed by atoms with Gasteiger partial charge in [0.05, 0.1) is 25.2 Å². The highest BCUT2D eigenvalue weighted by Gasteiger charge is 2.47. The molecule has 2 aromatic rings. The minimum atomic E-state index is -0.452. The van der Waals surface area contributed by atoms with E-state index in [1.807, 2.05) is 67.1 Å². The van der Waals surface area contributed by atoms with Crippen LogP contribution in [-0.4, -0.2) is 55.0 Å². The molecule has 176 valence electrons. The highest BCUT2D eigenvalue weighted by Crippen LogP contribution is 2.48. The van der Waals surface area contributed by atoms with Crippen molar-refractivity contribution in [2.24, 2.45) is 0 Å². The van der Waals surface area contributed by atoms with Crippen molar-refractivity contribution >= 4 is 11.8 Å². The Morgan fingerprint density at radius 2 is 1.76 bits per heavy atom. The van der Waals surface area contributed by atoms with Gasteiger partial charge in [0.15, 0.2) is 11.5 Å². The highest BCUT2D eigenvalue weighted by atomic mass is 16.5. The van der Waals surface area contributed by atoms with E-state index in [2.05, 4.69) is 6.92 Å². The van der Waals surface area contributed by atoms with Crippen molar-refractivity contribution in [3.63, 3.8) is 0 Å². The molecule has 0 aromatic heterocycles. The molecule has 0 fully saturated rings. The number of nitrogens with zero attached hydrogens (tertiary/aromatic N) is 2. The van der Waals surface area contributed by atoms with Crippen LogP contribution in [0.5, 0.6) is 11.5 Å². The number of rotatable bonds is 8. The Morgan fingerprint density at radius 1 is 1.06 bits per heavy atom. The lowest BCUT2D eigenvalue weighted by atomic mass is 9.75. The summed E-state index contributed by atoms with van der Waals surface area (Å²) < 4.78 is 11.7. The van der Waals surface area contributed by atoms with Crippen molar-refractivity contribution in [3.05, 3.63) is 58.7 Å². The van der Waals surface area contributed by atoms with Crippen LogP contribution in [0.2, 0.25) is 0 Å². The fourth-order valence-electron chi connectivity index (χ4n) is 5.08. The van der Waals surface area contributed by atoms with Crippen LogP contribution in [0.15, 0.2) is 36.4 Å². The molecule has 0 bridgehead atoms. The smallest absolute Gasteiger partial charge is 0.254 e. The second kappa shape index (κ2) is 9.86. The Morgan fingerprint density at radius 3 is 2.45 bits per heavy atom. The molecule has 0 spiro atoms. The molecule has 2 aromatic carbocycles. The van der Waals surface area contributed by atoms with E-state index in [0.29, 0.717) is 37.6 Å². The number of unbranched alkanes of at least 4 members (excludes halogenated alkanes) is 1. The third-order valence-corrected chi connectivity index (χ3v) is 6.67. The first kappa shape index (κ1) is 23.1. The van der Waals surface area contributed by atoms with Gasteiger partial charge in [-0.25, -0.2) is 0 Å². The summed E-state index contributed by atoms with van der Waals surface area (Å²) in [7, 11) is 1.87. The van der Waals surface area contributed by atoms with E-state index in [1.54, 1.807) is 0 Å². The summed E-state index contributed by atoms with van der Waals surface area (Å²) in [4.78, 5) is 31.1. The SMILES string of the molecule is CCCCN(C)C(=O)[C@H]1c2ccccc2C(=O)N2CCc3cc(OCC)c(OCC)cc3[C@H]12. The van der Waals surface area contributed by atoms with Gasteiger partial charge in [-0.05, 0) is 61.6 Å². The fraction of sp³-hybridized carbons (Fsp3) is 0.481. The highest BCUT2D eigenvalue weighted by molar-refractivity contribution is 6.01. The number of ether oxygens (including phenoxy) is 2. The van der Waals surface area contributed by atoms with Crippen LogP contribution in [0.4, 0.5) is 0 Å². The number of likely N-dealkylation sites (N-methyl/N-ethyl adjacent to an activating group) is 1. The Kier molecular flexibility index (Phi) is 6.91. The average Bonchev–Trinajstić information content (AvgIpc) is 2.83. The molecular weight excluding hydrogens is 416 g/mol. The van der Waals surface area contributed by atoms with Crippen LogP contribution in [0, 0.1) is 0 Å². The van der Waals surface area contributed by atoms with Gasteiger partial charge in [-0.3, -0.25) is 9.59 Å². The van der Waals surface area contributed by atoms with Crippen LogP contribution in [0.1, 0.15) is 72.6 Å².